The smallest absolute Gasteiger partial charge is 0.202 e. The average Bonchev–Trinajstić information content (AvgIpc) is 2.63. The number of hydrogen-bond donors (Lipinski definition) is 1. The van der Waals surface area contributed by atoms with Gasteiger partial charge in [-0.05, 0) is 19.3 Å². The van der Waals surface area contributed by atoms with Crippen LogP contribution in [-0.4, -0.2) is 21.6 Å². The highest BCUT2D eigenvalue weighted by molar-refractivity contribution is 7.09. The standard InChI is InChI=1S/C7H10FN3S/c8-5-1-2-6(3-5)11-7-9-4-10-12-7/h4-6H,1-3H2,(H,9,10,11). The fourth-order valence-corrected chi connectivity index (χ4v) is 1.98. The van der Waals surface area contributed by atoms with Gasteiger partial charge in [0.05, 0.1) is 0 Å². The summed E-state index contributed by atoms with van der Waals surface area (Å²) in [6.45, 7) is 0. The highest BCUT2D eigenvalue weighted by atomic mass is 32.1. The first-order chi connectivity index (χ1) is 5.84. The second-order valence-electron chi connectivity index (χ2n) is 3.00. The molecular weight excluding hydrogens is 177 g/mol. The minimum atomic E-state index is -0.629. The monoisotopic (exact) mass is 187 g/mol. The number of nitrogens with zero attached hydrogens (tertiary/aromatic N) is 2. The van der Waals surface area contributed by atoms with Gasteiger partial charge in [-0.15, -0.1) is 0 Å². The zero-order chi connectivity index (χ0) is 8.39. The van der Waals surface area contributed by atoms with Crippen molar-refractivity contribution in [2.45, 2.75) is 31.5 Å². The van der Waals surface area contributed by atoms with E-state index in [4.69, 9.17) is 0 Å². The second kappa shape index (κ2) is 3.35. The largest absolute Gasteiger partial charge is 0.357 e. The number of nitrogens with one attached hydrogen (secondary N) is 1. The van der Waals surface area contributed by atoms with Crippen LogP contribution in [0, 0.1) is 0 Å². The Kier molecular flexibility index (Phi) is 2.21. The summed E-state index contributed by atoms with van der Waals surface area (Å²) in [7, 11) is 0. The van der Waals surface area contributed by atoms with Crippen molar-refractivity contribution in [1.82, 2.24) is 9.36 Å². The van der Waals surface area contributed by atoms with Gasteiger partial charge < -0.3 is 5.32 Å². The quantitative estimate of drug-likeness (QED) is 0.767. The zero-order valence-corrected chi connectivity index (χ0v) is 7.35. The van der Waals surface area contributed by atoms with Crippen molar-refractivity contribution < 1.29 is 4.39 Å². The van der Waals surface area contributed by atoms with Gasteiger partial charge in [0.25, 0.3) is 0 Å². The van der Waals surface area contributed by atoms with Crippen LogP contribution in [-0.2, 0) is 0 Å². The lowest BCUT2D eigenvalue weighted by Gasteiger charge is -2.08. The van der Waals surface area contributed by atoms with Crippen molar-refractivity contribution in [2.24, 2.45) is 0 Å². The van der Waals surface area contributed by atoms with E-state index >= 15 is 0 Å². The molecule has 1 aromatic rings. The predicted octanol–water partition coefficient (Wildman–Crippen LogP) is 1.84. The van der Waals surface area contributed by atoms with Crippen LogP contribution in [0.25, 0.3) is 0 Å². The van der Waals surface area contributed by atoms with E-state index in [-0.39, 0.29) is 6.04 Å². The van der Waals surface area contributed by atoms with Crippen LogP contribution >= 0.6 is 11.5 Å². The molecule has 2 atom stereocenters. The average molecular weight is 187 g/mol. The topological polar surface area (TPSA) is 37.8 Å². The molecule has 3 nitrogen and oxygen atoms in total. The molecule has 12 heavy (non-hydrogen) atoms. The molecule has 0 amide bonds. The third-order valence-corrected chi connectivity index (χ3v) is 2.65. The van der Waals surface area contributed by atoms with Crippen molar-refractivity contribution in [3.63, 3.8) is 0 Å². The molecule has 0 radical (unpaired) electrons. The normalized spacial score (nSPS) is 29.1. The minimum Gasteiger partial charge on any atom is -0.357 e. The van der Waals surface area contributed by atoms with Gasteiger partial charge in [0, 0.05) is 17.6 Å². The summed E-state index contributed by atoms with van der Waals surface area (Å²) < 4.78 is 16.6. The lowest BCUT2D eigenvalue weighted by molar-refractivity contribution is 0.341. The Labute approximate surface area is 74.2 Å². The maximum Gasteiger partial charge on any atom is 0.202 e. The Morgan fingerprint density at radius 1 is 1.58 bits per heavy atom. The summed E-state index contributed by atoms with van der Waals surface area (Å²) in [5, 5.41) is 3.96. The molecule has 1 saturated carbocycles. The first-order valence-electron chi connectivity index (χ1n) is 4.02. The Morgan fingerprint density at radius 2 is 2.50 bits per heavy atom. The molecule has 0 bridgehead atoms. The Balaban J connectivity index is 1.88. The van der Waals surface area contributed by atoms with E-state index in [0.29, 0.717) is 12.8 Å². The van der Waals surface area contributed by atoms with E-state index < -0.39 is 6.17 Å². The lowest BCUT2D eigenvalue weighted by atomic mass is 10.2. The van der Waals surface area contributed by atoms with Crippen LogP contribution in [0.2, 0.25) is 0 Å². The summed E-state index contributed by atoms with van der Waals surface area (Å²) >= 11 is 1.32. The summed E-state index contributed by atoms with van der Waals surface area (Å²) in [6.07, 6.45) is 3.07. The third-order valence-electron chi connectivity index (χ3n) is 2.06. The zero-order valence-electron chi connectivity index (χ0n) is 6.53. The summed E-state index contributed by atoms with van der Waals surface area (Å²) in [6, 6.07) is 0.257. The van der Waals surface area contributed by atoms with Gasteiger partial charge in [0.15, 0.2) is 0 Å². The number of rotatable bonds is 2. The number of aromatic nitrogens is 2. The van der Waals surface area contributed by atoms with Crippen LogP contribution in [0.15, 0.2) is 6.33 Å². The highest BCUT2D eigenvalue weighted by Gasteiger charge is 2.24. The lowest BCUT2D eigenvalue weighted by Crippen LogP contribution is -2.15. The van der Waals surface area contributed by atoms with Crippen LogP contribution in [0.3, 0.4) is 0 Å². The van der Waals surface area contributed by atoms with Gasteiger partial charge >= 0.3 is 0 Å². The molecule has 1 N–H and O–H groups in total. The number of hydrogen-bond acceptors (Lipinski definition) is 4. The fourth-order valence-electron chi connectivity index (χ4n) is 1.47. The van der Waals surface area contributed by atoms with Gasteiger partial charge in [-0.25, -0.2) is 9.37 Å². The molecule has 0 saturated heterocycles. The van der Waals surface area contributed by atoms with Gasteiger partial charge in [-0.3, -0.25) is 0 Å². The number of halogens is 1. The van der Waals surface area contributed by atoms with E-state index in [1.54, 1.807) is 0 Å². The van der Waals surface area contributed by atoms with Gasteiger partial charge in [-0.1, -0.05) is 0 Å². The Bertz CT molecular complexity index is 239. The van der Waals surface area contributed by atoms with Crippen LogP contribution in [0.5, 0.6) is 0 Å². The van der Waals surface area contributed by atoms with Crippen LogP contribution in [0.4, 0.5) is 9.52 Å². The SMILES string of the molecule is FC1CCC(Nc2ncns2)C1. The molecule has 2 unspecified atom stereocenters. The minimum absolute atomic E-state index is 0.257. The maximum atomic E-state index is 12.7. The molecule has 1 aliphatic carbocycles. The maximum absolute atomic E-state index is 12.7. The van der Waals surface area contributed by atoms with Gasteiger partial charge in [0.1, 0.15) is 12.5 Å². The summed E-state index contributed by atoms with van der Waals surface area (Å²) in [5.41, 5.74) is 0. The van der Waals surface area contributed by atoms with E-state index in [1.165, 1.54) is 17.9 Å². The second-order valence-corrected chi connectivity index (χ2v) is 3.78. The summed E-state index contributed by atoms with van der Waals surface area (Å²) in [5.74, 6) is 0. The van der Waals surface area contributed by atoms with E-state index in [0.717, 1.165) is 11.6 Å². The molecule has 0 aromatic carbocycles. The molecule has 1 fully saturated rings. The molecular formula is C7H10FN3S. The first kappa shape index (κ1) is 7.91. The van der Waals surface area contributed by atoms with Crippen molar-refractivity contribution in [2.75, 3.05) is 5.32 Å². The van der Waals surface area contributed by atoms with Crippen molar-refractivity contribution in [3.8, 4) is 0 Å². The van der Waals surface area contributed by atoms with Gasteiger partial charge in [0.2, 0.25) is 5.13 Å². The summed E-state index contributed by atoms with van der Waals surface area (Å²) in [4.78, 5) is 3.98. The molecule has 1 aromatic heterocycles. The van der Waals surface area contributed by atoms with Crippen molar-refractivity contribution in [3.05, 3.63) is 6.33 Å². The van der Waals surface area contributed by atoms with Crippen LogP contribution in [0.1, 0.15) is 19.3 Å². The third kappa shape index (κ3) is 1.72. The highest BCUT2D eigenvalue weighted by Crippen LogP contribution is 2.25. The molecule has 5 heteroatoms. The Morgan fingerprint density at radius 3 is 3.08 bits per heavy atom. The van der Waals surface area contributed by atoms with E-state index in [9.17, 15) is 4.39 Å². The predicted molar refractivity (Wildman–Crippen MR) is 46.1 cm³/mol. The van der Waals surface area contributed by atoms with Crippen molar-refractivity contribution >= 4 is 16.7 Å². The van der Waals surface area contributed by atoms with Gasteiger partial charge in [-0.2, -0.15) is 4.37 Å². The first-order valence-corrected chi connectivity index (χ1v) is 4.79. The Hall–Kier alpha value is -0.710. The molecule has 66 valence electrons. The molecule has 1 aliphatic rings. The van der Waals surface area contributed by atoms with E-state index in [1.807, 2.05) is 0 Å². The fraction of sp³-hybridized carbons (Fsp3) is 0.714. The molecule has 0 spiro atoms. The number of alkyl halides is 1. The van der Waals surface area contributed by atoms with E-state index in [2.05, 4.69) is 14.7 Å². The van der Waals surface area contributed by atoms with Crippen molar-refractivity contribution in [1.29, 1.82) is 0 Å². The molecule has 0 aliphatic heterocycles. The van der Waals surface area contributed by atoms with Crippen LogP contribution < -0.4 is 5.32 Å². The molecule has 1 heterocycles. The number of anilines is 1. The molecule has 2 rings (SSSR count).